The van der Waals surface area contributed by atoms with Crippen LogP contribution in [0.5, 0.6) is 0 Å². The molecule has 0 aliphatic carbocycles. The zero-order valence-corrected chi connectivity index (χ0v) is 15.1. The molecule has 1 aromatic carbocycles. The number of likely N-dealkylation sites (tertiary alicyclic amines) is 1. The summed E-state index contributed by atoms with van der Waals surface area (Å²) in [6.45, 7) is 5.46. The van der Waals surface area contributed by atoms with E-state index in [0.29, 0.717) is 0 Å². The minimum Gasteiger partial charge on any atom is -0.388 e. The summed E-state index contributed by atoms with van der Waals surface area (Å²) >= 11 is 1.64. The molecule has 1 aliphatic rings. The molecular formula is C20H25NO2S. The zero-order chi connectivity index (χ0) is 17.2. The number of carbonyl (C=O) groups is 1. The Morgan fingerprint density at radius 3 is 2.42 bits per heavy atom. The number of aliphatic hydroxyl groups is 1. The van der Waals surface area contributed by atoms with Crippen LogP contribution in [0, 0.1) is 5.92 Å². The van der Waals surface area contributed by atoms with Crippen molar-refractivity contribution in [3.63, 3.8) is 0 Å². The van der Waals surface area contributed by atoms with Crippen molar-refractivity contribution in [2.75, 3.05) is 13.1 Å². The van der Waals surface area contributed by atoms with Gasteiger partial charge in [-0.25, -0.2) is 0 Å². The number of nitrogens with zero attached hydrogens (tertiary/aromatic N) is 1. The summed E-state index contributed by atoms with van der Waals surface area (Å²) in [5.74, 6) is 0.416. The van der Waals surface area contributed by atoms with Gasteiger partial charge in [-0.05, 0) is 49.6 Å². The quantitative estimate of drug-likeness (QED) is 0.911. The van der Waals surface area contributed by atoms with E-state index in [1.807, 2.05) is 66.6 Å². The molecule has 1 unspecified atom stereocenters. The highest BCUT2D eigenvalue weighted by atomic mass is 32.1. The molecule has 1 atom stereocenters. The van der Waals surface area contributed by atoms with E-state index in [2.05, 4.69) is 0 Å². The molecular weight excluding hydrogens is 318 g/mol. The normalized spacial score (nSPS) is 17.7. The third-order valence-electron chi connectivity index (χ3n) is 5.09. The van der Waals surface area contributed by atoms with Gasteiger partial charge in [0.15, 0.2) is 0 Å². The lowest BCUT2D eigenvalue weighted by atomic mass is 9.85. The SMILES string of the molecule is CC(C)(C(=O)N1CCC(C(O)c2ccccc2)CC1)c1cccs1. The standard InChI is InChI=1S/C20H25NO2S/c1-20(2,17-9-6-14-24-17)19(23)21-12-10-16(11-13-21)18(22)15-7-4-3-5-8-15/h3-9,14,16,18,22H,10-13H2,1-2H3. The van der Waals surface area contributed by atoms with Crippen LogP contribution in [0.3, 0.4) is 0 Å². The first-order valence-electron chi connectivity index (χ1n) is 8.56. The van der Waals surface area contributed by atoms with Gasteiger partial charge in [-0.15, -0.1) is 11.3 Å². The number of rotatable bonds is 4. The fourth-order valence-corrected chi connectivity index (χ4v) is 4.32. The van der Waals surface area contributed by atoms with Gasteiger partial charge in [0, 0.05) is 18.0 Å². The molecule has 1 N–H and O–H groups in total. The van der Waals surface area contributed by atoms with E-state index in [-0.39, 0.29) is 11.8 Å². The van der Waals surface area contributed by atoms with Crippen LogP contribution < -0.4 is 0 Å². The van der Waals surface area contributed by atoms with Crippen LogP contribution in [-0.2, 0) is 10.2 Å². The second-order valence-corrected chi connectivity index (χ2v) is 8.04. The summed E-state index contributed by atoms with van der Waals surface area (Å²) in [6, 6.07) is 13.9. The predicted octanol–water partition coefficient (Wildman–Crippen LogP) is 4.00. The van der Waals surface area contributed by atoms with Crippen LogP contribution in [0.2, 0.25) is 0 Å². The Morgan fingerprint density at radius 1 is 1.17 bits per heavy atom. The Kier molecular flexibility index (Phi) is 5.07. The fraction of sp³-hybridized carbons (Fsp3) is 0.450. The zero-order valence-electron chi connectivity index (χ0n) is 14.3. The maximum atomic E-state index is 12.9. The van der Waals surface area contributed by atoms with Gasteiger partial charge in [-0.2, -0.15) is 0 Å². The molecule has 0 spiro atoms. The number of carbonyl (C=O) groups excluding carboxylic acids is 1. The van der Waals surface area contributed by atoms with Crippen molar-refractivity contribution in [2.24, 2.45) is 5.92 Å². The number of thiophene rings is 1. The van der Waals surface area contributed by atoms with E-state index < -0.39 is 11.5 Å². The van der Waals surface area contributed by atoms with E-state index >= 15 is 0 Å². The number of amides is 1. The molecule has 24 heavy (non-hydrogen) atoms. The van der Waals surface area contributed by atoms with Gasteiger partial charge in [-0.3, -0.25) is 4.79 Å². The molecule has 0 bridgehead atoms. The minimum absolute atomic E-state index is 0.192. The molecule has 3 rings (SSSR count). The molecule has 2 aromatic rings. The number of hydrogen-bond donors (Lipinski definition) is 1. The summed E-state index contributed by atoms with van der Waals surface area (Å²) in [5.41, 5.74) is 0.500. The average Bonchev–Trinajstić information content (AvgIpc) is 3.17. The van der Waals surface area contributed by atoms with E-state index in [0.717, 1.165) is 36.4 Å². The van der Waals surface area contributed by atoms with Crippen molar-refractivity contribution in [2.45, 2.75) is 38.2 Å². The van der Waals surface area contributed by atoms with Gasteiger partial charge in [0.1, 0.15) is 0 Å². The number of hydrogen-bond acceptors (Lipinski definition) is 3. The van der Waals surface area contributed by atoms with E-state index in [4.69, 9.17) is 0 Å². The highest BCUT2D eigenvalue weighted by Crippen LogP contribution is 2.34. The molecule has 1 aliphatic heterocycles. The Balaban J connectivity index is 1.62. The van der Waals surface area contributed by atoms with Crippen molar-refractivity contribution in [3.05, 3.63) is 58.3 Å². The first kappa shape index (κ1) is 17.2. The topological polar surface area (TPSA) is 40.5 Å². The third-order valence-corrected chi connectivity index (χ3v) is 6.28. The lowest BCUT2D eigenvalue weighted by Crippen LogP contribution is -2.47. The lowest BCUT2D eigenvalue weighted by molar-refractivity contribution is -0.138. The van der Waals surface area contributed by atoms with Gasteiger partial charge in [0.05, 0.1) is 11.5 Å². The van der Waals surface area contributed by atoms with E-state index in [1.54, 1.807) is 11.3 Å². The highest BCUT2D eigenvalue weighted by molar-refractivity contribution is 7.10. The Bertz CT molecular complexity index is 658. The minimum atomic E-state index is -0.473. The molecule has 1 aromatic heterocycles. The maximum Gasteiger partial charge on any atom is 0.233 e. The van der Waals surface area contributed by atoms with Crippen molar-refractivity contribution in [1.82, 2.24) is 4.90 Å². The van der Waals surface area contributed by atoms with Gasteiger partial charge in [0.2, 0.25) is 5.91 Å². The van der Waals surface area contributed by atoms with Crippen molar-refractivity contribution in [1.29, 1.82) is 0 Å². The van der Waals surface area contributed by atoms with Crippen LogP contribution in [0.15, 0.2) is 47.8 Å². The molecule has 3 nitrogen and oxygen atoms in total. The van der Waals surface area contributed by atoms with E-state index in [9.17, 15) is 9.90 Å². The molecule has 2 heterocycles. The van der Waals surface area contributed by atoms with Crippen LogP contribution in [0.1, 0.15) is 43.2 Å². The Morgan fingerprint density at radius 2 is 1.83 bits per heavy atom. The first-order chi connectivity index (χ1) is 11.5. The lowest BCUT2D eigenvalue weighted by Gasteiger charge is -2.38. The smallest absolute Gasteiger partial charge is 0.233 e. The van der Waals surface area contributed by atoms with Crippen LogP contribution in [0.25, 0.3) is 0 Å². The molecule has 0 saturated carbocycles. The van der Waals surface area contributed by atoms with Gasteiger partial charge in [0.25, 0.3) is 0 Å². The predicted molar refractivity (Wildman–Crippen MR) is 98.1 cm³/mol. The number of piperidine rings is 1. The third kappa shape index (κ3) is 3.40. The highest BCUT2D eigenvalue weighted by Gasteiger charge is 2.37. The van der Waals surface area contributed by atoms with Crippen molar-refractivity contribution in [3.8, 4) is 0 Å². The average molecular weight is 343 g/mol. The monoisotopic (exact) mass is 343 g/mol. The van der Waals surface area contributed by atoms with Crippen molar-refractivity contribution < 1.29 is 9.90 Å². The van der Waals surface area contributed by atoms with Gasteiger partial charge >= 0.3 is 0 Å². The fourth-order valence-electron chi connectivity index (χ4n) is 3.48. The van der Waals surface area contributed by atoms with Crippen LogP contribution >= 0.6 is 11.3 Å². The first-order valence-corrected chi connectivity index (χ1v) is 9.44. The van der Waals surface area contributed by atoms with Crippen LogP contribution in [0.4, 0.5) is 0 Å². The summed E-state index contributed by atoms with van der Waals surface area (Å²) in [7, 11) is 0. The second kappa shape index (κ2) is 7.08. The summed E-state index contributed by atoms with van der Waals surface area (Å²) in [5, 5.41) is 12.6. The summed E-state index contributed by atoms with van der Waals surface area (Å²) in [6.07, 6.45) is 1.26. The Labute approximate surface area is 147 Å². The van der Waals surface area contributed by atoms with Crippen molar-refractivity contribution >= 4 is 17.2 Å². The Hall–Kier alpha value is -1.65. The molecule has 1 saturated heterocycles. The maximum absolute atomic E-state index is 12.9. The summed E-state index contributed by atoms with van der Waals surface area (Å²) in [4.78, 5) is 16.0. The molecule has 0 radical (unpaired) electrons. The summed E-state index contributed by atoms with van der Waals surface area (Å²) < 4.78 is 0. The van der Waals surface area contributed by atoms with Gasteiger partial charge < -0.3 is 10.0 Å². The van der Waals surface area contributed by atoms with E-state index in [1.165, 1.54) is 0 Å². The molecule has 128 valence electrons. The van der Waals surface area contributed by atoms with Crippen LogP contribution in [-0.4, -0.2) is 29.0 Å². The molecule has 4 heteroatoms. The molecule has 1 fully saturated rings. The largest absolute Gasteiger partial charge is 0.388 e. The number of benzene rings is 1. The number of aliphatic hydroxyl groups excluding tert-OH is 1. The molecule has 1 amide bonds. The van der Waals surface area contributed by atoms with Gasteiger partial charge in [-0.1, -0.05) is 36.4 Å². The second-order valence-electron chi connectivity index (χ2n) is 7.09.